The normalized spacial score (nSPS) is 17.6. The van der Waals surface area contributed by atoms with Crippen LogP contribution < -0.4 is 0 Å². The largest absolute Gasteiger partial charge is 0.481 e. The Bertz CT molecular complexity index is 333. The van der Waals surface area contributed by atoms with E-state index in [1.807, 2.05) is 24.3 Å². The van der Waals surface area contributed by atoms with Gasteiger partial charge in [0.05, 0.1) is 5.92 Å². The van der Waals surface area contributed by atoms with E-state index in [-0.39, 0.29) is 5.92 Å². The summed E-state index contributed by atoms with van der Waals surface area (Å²) >= 11 is 0. The zero-order valence-electron chi connectivity index (χ0n) is 9.06. The first-order valence-electron chi connectivity index (χ1n) is 4.91. The van der Waals surface area contributed by atoms with Gasteiger partial charge in [-0.1, -0.05) is 24.3 Å². The van der Waals surface area contributed by atoms with Gasteiger partial charge < -0.3 is 9.84 Å². The Labute approximate surface area is 89.7 Å². The molecule has 0 saturated carbocycles. The van der Waals surface area contributed by atoms with Gasteiger partial charge in [-0.25, -0.2) is 0 Å². The fourth-order valence-electron chi connectivity index (χ4n) is 1.81. The molecule has 1 N–H and O–H groups in total. The molecule has 0 bridgehead atoms. The summed E-state index contributed by atoms with van der Waals surface area (Å²) in [7, 11) is 3.25. The molecule has 1 aliphatic rings. The molecule has 2 rings (SSSR count). The number of rotatable bonds is 1. The molecule has 0 amide bonds. The van der Waals surface area contributed by atoms with Gasteiger partial charge in [0.1, 0.15) is 0 Å². The van der Waals surface area contributed by atoms with Gasteiger partial charge in [-0.2, -0.15) is 0 Å². The van der Waals surface area contributed by atoms with Gasteiger partial charge in [-0.05, 0) is 24.0 Å². The highest BCUT2D eigenvalue weighted by Crippen LogP contribution is 2.32. The van der Waals surface area contributed by atoms with Crippen molar-refractivity contribution in [2.75, 3.05) is 14.2 Å². The minimum absolute atomic E-state index is 0.263. The third-order valence-electron chi connectivity index (χ3n) is 2.43. The standard InChI is InChI=1S/C10H10O2.C2H6O/c11-10(12)9-6-5-7-3-1-2-4-8(7)9;1-3-2/h1-4,9H,5-6H2,(H,11,12);1-2H3. The summed E-state index contributed by atoms with van der Waals surface area (Å²) in [6.45, 7) is 0. The second-order valence-corrected chi connectivity index (χ2v) is 3.54. The lowest BCUT2D eigenvalue weighted by molar-refractivity contribution is -0.138. The molecule has 1 aromatic rings. The van der Waals surface area contributed by atoms with E-state index in [4.69, 9.17) is 5.11 Å². The van der Waals surface area contributed by atoms with E-state index < -0.39 is 5.97 Å². The Morgan fingerprint density at radius 2 is 2.00 bits per heavy atom. The predicted molar refractivity (Wildman–Crippen MR) is 58.1 cm³/mol. The lowest BCUT2D eigenvalue weighted by Crippen LogP contribution is -2.07. The molecule has 3 heteroatoms. The molecule has 82 valence electrons. The number of aliphatic carboxylic acids is 1. The molecular weight excluding hydrogens is 192 g/mol. The van der Waals surface area contributed by atoms with Crippen molar-refractivity contribution < 1.29 is 14.6 Å². The van der Waals surface area contributed by atoms with Crippen molar-refractivity contribution in [3.63, 3.8) is 0 Å². The van der Waals surface area contributed by atoms with Crippen molar-refractivity contribution in [1.82, 2.24) is 0 Å². The van der Waals surface area contributed by atoms with Gasteiger partial charge in [-0.15, -0.1) is 0 Å². The molecule has 0 spiro atoms. The quantitative estimate of drug-likeness (QED) is 0.768. The molecule has 3 nitrogen and oxygen atoms in total. The van der Waals surface area contributed by atoms with Crippen LogP contribution in [0.15, 0.2) is 24.3 Å². The minimum atomic E-state index is -0.694. The molecule has 1 unspecified atom stereocenters. The average Bonchev–Trinajstić information content (AvgIpc) is 2.62. The first kappa shape index (κ1) is 11.7. The van der Waals surface area contributed by atoms with Crippen LogP contribution in [0.1, 0.15) is 23.5 Å². The van der Waals surface area contributed by atoms with Crippen LogP contribution in [0, 0.1) is 0 Å². The highest BCUT2D eigenvalue weighted by Gasteiger charge is 2.27. The van der Waals surface area contributed by atoms with Gasteiger partial charge in [-0.3, -0.25) is 4.79 Å². The van der Waals surface area contributed by atoms with E-state index >= 15 is 0 Å². The van der Waals surface area contributed by atoms with Gasteiger partial charge >= 0.3 is 5.97 Å². The molecule has 0 aromatic heterocycles. The summed E-state index contributed by atoms with van der Waals surface area (Å²) in [6, 6.07) is 7.79. The van der Waals surface area contributed by atoms with Crippen molar-refractivity contribution in [2.45, 2.75) is 18.8 Å². The molecule has 0 heterocycles. The fourth-order valence-corrected chi connectivity index (χ4v) is 1.81. The Balaban J connectivity index is 0.000000337. The van der Waals surface area contributed by atoms with Crippen LogP contribution in [-0.2, 0) is 16.0 Å². The number of hydrogen-bond acceptors (Lipinski definition) is 2. The number of carbonyl (C=O) groups is 1. The number of carboxylic acid groups (broad SMARTS) is 1. The van der Waals surface area contributed by atoms with Crippen molar-refractivity contribution in [3.05, 3.63) is 35.4 Å². The van der Waals surface area contributed by atoms with Crippen LogP contribution >= 0.6 is 0 Å². The smallest absolute Gasteiger partial charge is 0.310 e. The number of aryl methyl sites for hydroxylation is 1. The zero-order chi connectivity index (χ0) is 11.3. The Morgan fingerprint density at radius 3 is 2.60 bits per heavy atom. The highest BCUT2D eigenvalue weighted by molar-refractivity contribution is 5.77. The van der Waals surface area contributed by atoms with Crippen LogP contribution in [0.3, 0.4) is 0 Å². The average molecular weight is 208 g/mol. The van der Waals surface area contributed by atoms with Crippen molar-refractivity contribution in [2.24, 2.45) is 0 Å². The summed E-state index contributed by atoms with van der Waals surface area (Å²) in [5.41, 5.74) is 2.20. The third-order valence-corrected chi connectivity index (χ3v) is 2.43. The van der Waals surface area contributed by atoms with Crippen LogP contribution in [0.4, 0.5) is 0 Å². The Hall–Kier alpha value is -1.35. The van der Waals surface area contributed by atoms with Gasteiger partial charge in [0, 0.05) is 14.2 Å². The van der Waals surface area contributed by atoms with E-state index in [9.17, 15) is 4.79 Å². The first-order valence-corrected chi connectivity index (χ1v) is 4.91. The minimum Gasteiger partial charge on any atom is -0.481 e. The molecule has 0 aliphatic heterocycles. The number of ether oxygens (including phenoxy) is 1. The maximum atomic E-state index is 10.8. The number of fused-ring (bicyclic) bond motifs is 1. The first-order chi connectivity index (χ1) is 7.20. The zero-order valence-corrected chi connectivity index (χ0v) is 9.06. The summed E-state index contributed by atoms with van der Waals surface area (Å²) in [6.07, 6.45) is 1.67. The number of benzene rings is 1. The maximum absolute atomic E-state index is 10.8. The summed E-state index contributed by atoms with van der Waals surface area (Å²) in [4.78, 5) is 10.8. The lowest BCUT2D eigenvalue weighted by atomic mass is 10.0. The predicted octanol–water partition coefficient (Wildman–Crippen LogP) is 2.06. The number of hydrogen-bond donors (Lipinski definition) is 1. The van der Waals surface area contributed by atoms with Crippen LogP contribution in [0.5, 0.6) is 0 Å². The second-order valence-electron chi connectivity index (χ2n) is 3.54. The number of methoxy groups -OCH3 is 1. The summed E-state index contributed by atoms with van der Waals surface area (Å²) in [5, 5.41) is 8.86. The fraction of sp³-hybridized carbons (Fsp3) is 0.417. The van der Waals surface area contributed by atoms with E-state index in [1.165, 1.54) is 5.56 Å². The van der Waals surface area contributed by atoms with Gasteiger partial charge in [0.15, 0.2) is 0 Å². The molecule has 0 fully saturated rings. The third kappa shape index (κ3) is 2.80. The van der Waals surface area contributed by atoms with E-state index in [2.05, 4.69) is 4.74 Å². The molecule has 1 aliphatic carbocycles. The van der Waals surface area contributed by atoms with Crippen LogP contribution in [0.25, 0.3) is 0 Å². The van der Waals surface area contributed by atoms with E-state index in [1.54, 1.807) is 14.2 Å². The Morgan fingerprint density at radius 1 is 1.40 bits per heavy atom. The highest BCUT2D eigenvalue weighted by atomic mass is 16.4. The molecule has 0 radical (unpaired) electrons. The summed E-state index contributed by atoms with van der Waals surface area (Å²) in [5.74, 6) is -0.957. The Kier molecular flexibility index (Phi) is 4.31. The number of carboxylic acids is 1. The topological polar surface area (TPSA) is 46.5 Å². The molecule has 15 heavy (non-hydrogen) atoms. The molecule has 1 atom stereocenters. The summed E-state index contributed by atoms with van der Waals surface area (Å²) < 4.78 is 4.25. The maximum Gasteiger partial charge on any atom is 0.310 e. The van der Waals surface area contributed by atoms with E-state index in [0.29, 0.717) is 0 Å². The SMILES string of the molecule is COC.O=C(O)C1CCc2ccccc21. The monoisotopic (exact) mass is 208 g/mol. The van der Waals surface area contributed by atoms with Crippen LogP contribution in [0.2, 0.25) is 0 Å². The molecule has 1 aromatic carbocycles. The molecular formula is C12H16O3. The molecule has 0 saturated heterocycles. The van der Waals surface area contributed by atoms with Crippen molar-refractivity contribution in [1.29, 1.82) is 0 Å². The van der Waals surface area contributed by atoms with Crippen molar-refractivity contribution >= 4 is 5.97 Å². The van der Waals surface area contributed by atoms with Crippen LogP contribution in [-0.4, -0.2) is 25.3 Å². The van der Waals surface area contributed by atoms with Gasteiger partial charge in [0.25, 0.3) is 0 Å². The van der Waals surface area contributed by atoms with E-state index in [0.717, 1.165) is 18.4 Å². The lowest BCUT2D eigenvalue weighted by Gasteiger charge is -2.03. The second kappa shape index (κ2) is 5.51. The van der Waals surface area contributed by atoms with Gasteiger partial charge in [0.2, 0.25) is 0 Å². The van der Waals surface area contributed by atoms with Crippen molar-refractivity contribution in [3.8, 4) is 0 Å².